The number of rotatable bonds is 5. The van der Waals surface area contributed by atoms with Gasteiger partial charge in [-0.1, -0.05) is 12.1 Å². The Morgan fingerprint density at radius 3 is 2.50 bits per heavy atom. The molecule has 0 aliphatic rings. The molecule has 1 aromatic carbocycles. The SMILES string of the molecule is CCOC(=O)c1cc(Cn2c(C)c(C#N)c(-c3ccc(C#N)cc3)c2C)n[nH]1. The summed E-state index contributed by atoms with van der Waals surface area (Å²) < 4.78 is 6.97. The molecule has 7 heteroatoms. The van der Waals surface area contributed by atoms with Gasteiger partial charge in [0, 0.05) is 17.0 Å². The van der Waals surface area contributed by atoms with Crippen molar-refractivity contribution in [1.82, 2.24) is 14.8 Å². The Morgan fingerprint density at radius 1 is 1.18 bits per heavy atom. The van der Waals surface area contributed by atoms with Crippen molar-refractivity contribution >= 4 is 5.97 Å². The molecule has 0 aliphatic carbocycles. The molecule has 3 rings (SSSR count). The highest BCUT2D eigenvalue weighted by Crippen LogP contribution is 2.32. The minimum Gasteiger partial charge on any atom is -0.461 e. The van der Waals surface area contributed by atoms with Crippen LogP contribution in [0.3, 0.4) is 0 Å². The quantitative estimate of drug-likeness (QED) is 0.689. The summed E-state index contributed by atoms with van der Waals surface area (Å²) in [4.78, 5) is 11.8. The fourth-order valence-corrected chi connectivity index (χ4v) is 3.24. The van der Waals surface area contributed by atoms with E-state index in [-0.39, 0.29) is 0 Å². The summed E-state index contributed by atoms with van der Waals surface area (Å²) in [7, 11) is 0. The largest absolute Gasteiger partial charge is 0.461 e. The topological polar surface area (TPSA) is 107 Å². The summed E-state index contributed by atoms with van der Waals surface area (Å²) in [5, 5.41) is 25.6. The lowest BCUT2D eigenvalue weighted by molar-refractivity contribution is 0.0519. The summed E-state index contributed by atoms with van der Waals surface area (Å²) in [6, 6.07) is 13.2. The number of aromatic amines is 1. The summed E-state index contributed by atoms with van der Waals surface area (Å²) in [5.41, 5.74) is 5.57. The first-order valence-electron chi connectivity index (χ1n) is 8.81. The van der Waals surface area contributed by atoms with E-state index in [9.17, 15) is 10.1 Å². The van der Waals surface area contributed by atoms with E-state index < -0.39 is 5.97 Å². The molecule has 0 radical (unpaired) electrons. The zero-order valence-corrected chi connectivity index (χ0v) is 15.9. The standard InChI is InChI=1S/C21H19N5O2/c1-4-28-21(27)19-9-17(24-25-19)12-26-13(2)18(11-23)20(14(26)3)16-7-5-15(10-22)6-8-16/h5-9H,4,12H2,1-3H3,(H,24,25). The number of hydrogen-bond acceptors (Lipinski definition) is 5. The van der Waals surface area contributed by atoms with Gasteiger partial charge < -0.3 is 9.30 Å². The van der Waals surface area contributed by atoms with E-state index in [0.29, 0.717) is 35.7 Å². The van der Waals surface area contributed by atoms with Crippen molar-refractivity contribution in [3.8, 4) is 23.3 Å². The normalized spacial score (nSPS) is 10.3. The molecule has 0 amide bonds. The highest BCUT2D eigenvalue weighted by atomic mass is 16.5. The maximum atomic E-state index is 11.8. The molecule has 0 atom stereocenters. The highest BCUT2D eigenvalue weighted by molar-refractivity contribution is 5.87. The molecular formula is C21H19N5O2. The monoisotopic (exact) mass is 373 g/mol. The van der Waals surface area contributed by atoms with E-state index in [1.807, 2.05) is 30.5 Å². The number of nitriles is 2. The molecule has 0 aliphatic heterocycles. The Kier molecular flexibility index (Phi) is 5.28. The summed E-state index contributed by atoms with van der Waals surface area (Å²) in [6.07, 6.45) is 0. The smallest absolute Gasteiger partial charge is 0.356 e. The molecule has 0 fully saturated rings. The van der Waals surface area contributed by atoms with Gasteiger partial charge in [-0.25, -0.2) is 4.79 Å². The third-order valence-electron chi connectivity index (χ3n) is 4.64. The predicted molar refractivity (Wildman–Crippen MR) is 102 cm³/mol. The van der Waals surface area contributed by atoms with Crippen LogP contribution in [0.2, 0.25) is 0 Å². The fraction of sp³-hybridized carbons (Fsp3) is 0.238. The lowest BCUT2D eigenvalue weighted by Gasteiger charge is -2.08. The number of nitrogens with one attached hydrogen (secondary N) is 1. The van der Waals surface area contributed by atoms with Crippen LogP contribution in [-0.4, -0.2) is 27.3 Å². The number of H-pyrrole nitrogens is 1. The molecule has 2 aromatic heterocycles. The molecule has 0 unspecified atom stereocenters. The van der Waals surface area contributed by atoms with Gasteiger partial charge in [-0.2, -0.15) is 15.6 Å². The van der Waals surface area contributed by atoms with Crippen molar-refractivity contribution in [2.45, 2.75) is 27.3 Å². The molecule has 7 nitrogen and oxygen atoms in total. The van der Waals surface area contributed by atoms with E-state index in [1.165, 1.54) is 0 Å². The minimum absolute atomic E-state index is 0.294. The van der Waals surface area contributed by atoms with Gasteiger partial charge >= 0.3 is 5.97 Å². The molecule has 3 aromatic rings. The van der Waals surface area contributed by atoms with E-state index in [2.05, 4.69) is 22.3 Å². The average molecular weight is 373 g/mol. The van der Waals surface area contributed by atoms with Gasteiger partial charge in [0.25, 0.3) is 0 Å². The Balaban J connectivity index is 1.99. The van der Waals surface area contributed by atoms with Gasteiger partial charge in [-0.15, -0.1) is 0 Å². The number of carbonyl (C=O) groups is 1. The second kappa shape index (κ2) is 7.81. The lowest BCUT2D eigenvalue weighted by Crippen LogP contribution is -2.05. The molecule has 1 N–H and O–H groups in total. The third kappa shape index (κ3) is 3.38. The van der Waals surface area contributed by atoms with Crippen molar-refractivity contribution < 1.29 is 9.53 Å². The van der Waals surface area contributed by atoms with Crippen LogP contribution in [0, 0.1) is 36.5 Å². The average Bonchev–Trinajstić information content (AvgIpc) is 3.26. The van der Waals surface area contributed by atoms with Crippen LogP contribution in [0.1, 0.15) is 45.6 Å². The van der Waals surface area contributed by atoms with Crippen LogP contribution < -0.4 is 0 Å². The first-order valence-corrected chi connectivity index (χ1v) is 8.81. The molecule has 140 valence electrons. The fourth-order valence-electron chi connectivity index (χ4n) is 3.24. The maximum Gasteiger partial charge on any atom is 0.356 e. The van der Waals surface area contributed by atoms with Crippen molar-refractivity contribution in [1.29, 1.82) is 10.5 Å². The number of hydrogen-bond donors (Lipinski definition) is 1. The number of ether oxygens (including phenoxy) is 1. The van der Waals surface area contributed by atoms with Crippen molar-refractivity contribution in [2.24, 2.45) is 0 Å². The van der Waals surface area contributed by atoms with E-state index in [1.54, 1.807) is 25.1 Å². The van der Waals surface area contributed by atoms with Gasteiger partial charge in [0.1, 0.15) is 11.8 Å². The van der Waals surface area contributed by atoms with Crippen molar-refractivity contribution in [3.05, 3.63) is 64.2 Å². The predicted octanol–water partition coefficient (Wildman–Crippen LogP) is 3.46. The van der Waals surface area contributed by atoms with E-state index >= 15 is 0 Å². The molecule has 28 heavy (non-hydrogen) atoms. The van der Waals surface area contributed by atoms with Crippen molar-refractivity contribution in [3.63, 3.8) is 0 Å². The van der Waals surface area contributed by atoms with Gasteiger partial charge in [0.05, 0.1) is 36.0 Å². The van der Waals surface area contributed by atoms with Crippen LogP contribution in [0.5, 0.6) is 0 Å². The van der Waals surface area contributed by atoms with E-state index in [0.717, 1.165) is 22.5 Å². The third-order valence-corrected chi connectivity index (χ3v) is 4.64. The summed E-state index contributed by atoms with van der Waals surface area (Å²) in [5.74, 6) is -0.446. The first-order chi connectivity index (χ1) is 13.5. The zero-order valence-electron chi connectivity index (χ0n) is 15.9. The molecular weight excluding hydrogens is 354 g/mol. The number of aromatic nitrogens is 3. The number of esters is 1. The zero-order chi connectivity index (χ0) is 20.3. The molecule has 0 bridgehead atoms. The van der Waals surface area contributed by atoms with Gasteiger partial charge in [-0.3, -0.25) is 5.10 Å². The minimum atomic E-state index is -0.446. The van der Waals surface area contributed by atoms with Gasteiger partial charge in [0.2, 0.25) is 0 Å². The first kappa shape index (κ1) is 18.9. The maximum absolute atomic E-state index is 11.8. The van der Waals surface area contributed by atoms with Crippen LogP contribution >= 0.6 is 0 Å². The number of nitrogens with zero attached hydrogens (tertiary/aromatic N) is 4. The Labute approximate surface area is 162 Å². The molecule has 0 spiro atoms. The second-order valence-corrected chi connectivity index (χ2v) is 6.30. The van der Waals surface area contributed by atoms with Gasteiger partial charge in [-0.05, 0) is 44.5 Å². The van der Waals surface area contributed by atoms with E-state index in [4.69, 9.17) is 10.00 Å². The molecule has 2 heterocycles. The second-order valence-electron chi connectivity index (χ2n) is 6.30. The molecule has 0 saturated carbocycles. The van der Waals surface area contributed by atoms with Crippen LogP contribution in [0.25, 0.3) is 11.1 Å². The Morgan fingerprint density at radius 2 is 1.89 bits per heavy atom. The Bertz CT molecular complexity index is 1110. The van der Waals surface area contributed by atoms with Crippen LogP contribution in [0.15, 0.2) is 30.3 Å². The van der Waals surface area contributed by atoms with Gasteiger partial charge in [0.15, 0.2) is 0 Å². The Hall–Kier alpha value is -3.84. The number of benzene rings is 1. The summed E-state index contributed by atoms with van der Waals surface area (Å²) in [6.45, 7) is 6.29. The number of carbonyl (C=O) groups excluding carboxylic acids is 1. The van der Waals surface area contributed by atoms with Crippen LogP contribution in [-0.2, 0) is 11.3 Å². The van der Waals surface area contributed by atoms with Crippen molar-refractivity contribution in [2.75, 3.05) is 6.61 Å². The highest BCUT2D eigenvalue weighted by Gasteiger charge is 2.20. The molecule has 0 saturated heterocycles. The lowest BCUT2D eigenvalue weighted by atomic mass is 10.0. The summed E-state index contributed by atoms with van der Waals surface area (Å²) >= 11 is 0. The van der Waals surface area contributed by atoms with Crippen LogP contribution in [0.4, 0.5) is 0 Å².